The molecule has 0 spiro atoms. The molecule has 3 nitrogen and oxygen atoms in total. The highest BCUT2D eigenvalue weighted by Crippen LogP contribution is 2.07. The number of halogens is 1. The third-order valence-electron chi connectivity index (χ3n) is 0.934. The van der Waals surface area contributed by atoms with Crippen LogP contribution in [0.3, 0.4) is 0 Å². The molecule has 0 rings (SSSR count). The van der Waals surface area contributed by atoms with Crippen LogP contribution in [0.1, 0.15) is 0 Å². The van der Waals surface area contributed by atoms with Crippen molar-refractivity contribution in [3.8, 4) is 0 Å². The summed E-state index contributed by atoms with van der Waals surface area (Å²) in [7, 11) is 3.05. The van der Waals surface area contributed by atoms with Crippen molar-refractivity contribution in [2.75, 3.05) is 20.8 Å². The SMILES string of the molecule is COC(OC)C(Br)CO. The zero-order chi connectivity index (χ0) is 7.28. The van der Waals surface area contributed by atoms with Crippen molar-refractivity contribution in [1.82, 2.24) is 0 Å². The molecule has 0 amide bonds. The first-order valence-electron chi connectivity index (χ1n) is 2.56. The molecule has 0 aromatic heterocycles. The van der Waals surface area contributed by atoms with E-state index in [0.717, 1.165) is 0 Å². The fraction of sp³-hybridized carbons (Fsp3) is 1.00. The topological polar surface area (TPSA) is 38.7 Å². The fourth-order valence-corrected chi connectivity index (χ4v) is 0.909. The van der Waals surface area contributed by atoms with Gasteiger partial charge >= 0.3 is 0 Å². The second-order valence-corrected chi connectivity index (χ2v) is 2.71. The van der Waals surface area contributed by atoms with E-state index in [1.54, 1.807) is 0 Å². The van der Waals surface area contributed by atoms with Gasteiger partial charge in [0.15, 0.2) is 6.29 Å². The van der Waals surface area contributed by atoms with Gasteiger partial charge in [0, 0.05) is 14.2 Å². The lowest BCUT2D eigenvalue weighted by atomic mass is 10.4. The Hall–Kier alpha value is 0.360. The highest BCUT2D eigenvalue weighted by Gasteiger charge is 2.15. The molecule has 0 fully saturated rings. The Labute approximate surface area is 63.1 Å². The van der Waals surface area contributed by atoms with Crippen LogP contribution < -0.4 is 0 Å². The molecule has 1 unspecified atom stereocenters. The molecule has 0 aliphatic rings. The molecule has 1 atom stereocenters. The van der Waals surface area contributed by atoms with Gasteiger partial charge in [-0.1, -0.05) is 15.9 Å². The van der Waals surface area contributed by atoms with Gasteiger partial charge in [0.25, 0.3) is 0 Å². The van der Waals surface area contributed by atoms with Gasteiger partial charge in [-0.25, -0.2) is 0 Å². The average Bonchev–Trinajstić information content (AvgIpc) is 1.90. The number of hydrogen-bond acceptors (Lipinski definition) is 3. The lowest BCUT2D eigenvalue weighted by Crippen LogP contribution is -2.27. The van der Waals surface area contributed by atoms with Crippen molar-refractivity contribution in [3.63, 3.8) is 0 Å². The summed E-state index contributed by atoms with van der Waals surface area (Å²) in [5.41, 5.74) is 0. The maximum atomic E-state index is 8.56. The van der Waals surface area contributed by atoms with Gasteiger partial charge in [-0.05, 0) is 0 Å². The van der Waals surface area contributed by atoms with Crippen molar-refractivity contribution in [2.24, 2.45) is 0 Å². The molecule has 56 valence electrons. The van der Waals surface area contributed by atoms with Crippen LogP contribution in [0.2, 0.25) is 0 Å². The van der Waals surface area contributed by atoms with Crippen LogP contribution in [0, 0.1) is 0 Å². The lowest BCUT2D eigenvalue weighted by Gasteiger charge is -2.16. The highest BCUT2D eigenvalue weighted by atomic mass is 79.9. The summed E-state index contributed by atoms with van der Waals surface area (Å²) < 4.78 is 9.65. The van der Waals surface area contributed by atoms with Gasteiger partial charge in [-0.15, -0.1) is 0 Å². The molecule has 0 radical (unpaired) electrons. The number of aliphatic hydroxyl groups excluding tert-OH is 1. The molecule has 4 heteroatoms. The Kier molecular flexibility index (Phi) is 5.38. The van der Waals surface area contributed by atoms with Crippen molar-refractivity contribution in [2.45, 2.75) is 11.1 Å². The Morgan fingerprint density at radius 2 is 1.89 bits per heavy atom. The minimum absolute atomic E-state index is 0.00630. The van der Waals surface area contributed by atoms with E-state index >= 15 is 0 Å². The first kappa shape index (κ1) is 9.36. The zero-order valence-electron chi connectivity index (χ0n) is 5.50. The highest BCUT2D eigenvalue weighted by molar-refractivity contribution is 9.09. The Balaban J connectivity index is 3.50. The van der Waals surface area contributed by atoms with E-state index in [9.17, 15) is 0 Å². The summed E-state index contributed by atoms with van der Waals surface area (Å²) in [4.78, 5) is -0.146. The quantitative estimate of drug-likeness (QED) is 0.524. The summed E-state index contributed by atoms with van der Waals surface area (Å²) >= 11 is 3.16. The maximum Gasteiger partial charge on any atom is 0.171 e. The second-order valence-electron chi connectivity index (χ2n) is 1.54. The maximum absolute atomic E-state index is 8.56. The van der Waals surface area contributed by atoms with E-state index in [2.05, 4.69) is 15.9 Å². The van der Waals surface area contributed by atoms with E-state index in [-0.39, 0.29) is 17.7 Å². The van der Waals surface area contributed by atoms with Crippen LogP contribution in [0.5, 0.6) is 0 Å². The predicted molar refractivity (Wildman–Crippen MR) is 37.6 cm³/mol. The Morgan fingerprint density at radius 3 is 2.00 bits per heavy atom. The first-order valence-corrected chi connectivity index (χ1v) is 3.48. The van der Waals surface area contributed by atoms with Gasteiger partial charge in [-0.2, -0.15) is 0 Å². The summed E-state index contributed by atoms with van der Waals surface area (Å²) in [6.07, 6.45) is -0.366. The molecule has 0 saturated carbocycles. The number of ether oxygens (including phenoxy) is 2. The van der Waals surface area contributed by atoms with E-state index in [0.29, 0.717) is 0 Å². The minimum Gasteiger partial charge on any atom is -0.395 e. The molecule has 0 aromatic rings. The molecule has 0 aromatic carbocycles. The third kappa shape index (κ3) is 3.15. The van der Waals surface area contributed by atoms with E-state index in [1.165, 1.54) is 14.2 Å². The normalized spacial score (nSPS) is 14.3. The summed E-state index contributed by atoms with van der Waals surface area (Å²) in [5.74, 6) is 0. The smallest absolute Gasteiger partial charge is 0.171 e. The monoisotopic (exact) mass is 198 g/mol. The van der Waals surface area contributed by atoms with Gasteiger partial charge in [0.2, 0.25) is 0 Å². The molecular weight excluding hydrogens is 188 g/mol. The standard InChI is InChI=1S/C5H11BrO3/c1-8-5(9-2)4(6)3-7/h4-5,7H,3H2,1-2H3. The van der Waals surface area contributed by atoms with E-state index in [4.69, 9.17) is 14.6 Å². The molecule has 1 N–H and O–H groups in total. The van der Waals surface area contributed by atoms with Crippen LogP contribution in [0.25, 0.3) is 0 Å². The Morgan fingerprint density at radius 1 is 1.44 bits per heavy atom. The first-order chi connectivity index (χ1) is 4.26. The van der Waals surface area contributed by atoms with Crippen LogP contribution >= 0.6 is 15.9 Å². The van der Waals surface area contributed by atoms with Crippen LogP contribution in [0.15, 0.2) is 0 Å². The largest absolute Gasteiger partial charge is 0.395 e. The zero-order valence-corrected chi connectivity index (χ0v) is 7.09. The molecule has 0 saturated heterocycles. The molecule has 9 heavy (non-hydrogen) atoms. The van der Waals surface area contributed by atoms with Crippen LogP contribution in [-0.4, -0.2) is 37.1 Å². The number of aliphatic hydroxyl groups is 1. The van der Waals surface area contributed by atoms with Crippen molar-refractivity contribution < 1.29 is 14.6 Å². The summed E-state index contributed by atoms with van der Waals surface area (Å²) in [6.45, 7) is 0.00630. The van der Waals surface area contributed by atoms with Gasteiger partial charge < -0.3 is 14.6 Å². The molecule has 0 aliphatic carbocycles. The van der Waals surface area contributed by atoms with E-state index in [1.807, 2.05) is 0 Å². The number of hydrogen-bond donors (Lipinski definition) is 1. The van der Waals surface area contributed by atoms with Crippen molar-refractivity contribution in [1.29, 1.82) is 0 Å². The Bertz CT molecular complexity index is 65.2. The van der Waals surface area contributed by atoms with Crippen LogP contribution in [0.4, 0.5) is 0 Å². The number of rotatable bonds is 4. The van der Waals surface area contributed by atoms with Gasteiger partial charge in [0.1, 0.15) is 0 Å². The number of alkyl halides is 1. The van der Waals surface area contributed by atoms with Gasteiger partial charge in [0.05, 0.1) is 11.4 Å². The van der Waals surface area contributed by atoms with Crippen molar-refractivity contribution in [3.05, 3.63) is 0 Å². The molecule has 0 heterocycles. The molecule has 0 bridgehead atoms. The molecule has 0 aliphatic heterocycles. The third-order valence-corrected chi connectivity index (χ3v) is 1.66. The van der Waals surface area contributed by atoms with Crippen molar-refractivity contribution >= 4 is 15.9 Å². The van der Waals surface area contributed by atoms with Gasteiger partial charge in [-0.3, -0.25) is 0 Å². The second kappa shape index (κ2) is 5.17. The van der Waals surface area contributed by atoms with E-state index < -0.39 is 0 Å². The average molecular weight is 199 g/mol. The fourth-order valence-electron chi connectivity index (χ4n) is 0.478. The number of methoxy groups -OCH3 is 2. The van der Waals surface area contributed by atoms with Crippen LogP contribution in [-0.2, 0) is 9.47 Å². The summed E-state index contributed by atoms with van der Waals surface area (Å²) in [5, 5.41) is 8.56. The predicted octanol–water partition coefficient (Wildman–Crippen LogP) is 0.361. The lowest BCUT2D eigenvalue weighted by molar-refractivity contribution is -0.106. The summed E-state index contributed by atoms with van der Waals surface area (Å²) in [6, 6.07) is 0. The minimum atomic E-state index is -0.366. The molecular formula is C5H11BrO3.